The fourth-order valence-corrected chi connectivity index (χ4v) is 2.80. The number of hydrogen-bond acceptors (Lipinski definition) is 3. The van der Waals surface area contributed by atoms with Crippen LogP contribution < -0.4 is 10.6 Å². The standard InChI is InChI=1S/C22H23F5N2O3/c1-13(2)19(29-20(30)18-16(23)4-3-5-17(18)24)21(31)28-10-14-6-8-15(9-7-14)11-32-12-22(25,26)27/h3-9,13,19H,10-12H2,1-2H3,(H,28,31)(H,29,30)/t19-/m0/s1. The van der Waals surface area contributed by atoms with Gasteiger partial charge in [-0.3, -0.25) is 9.59 Å². The zero-order valence-electron chi connectivity index (χ0n) is 17.4. The summed E-state index contributed by atoms with van der Waals surface area (Å²) in [5.74, 6) is -4.04. The Labute approximate surface area is 182 Å². The van der Waals surface area contributed by atoms with E-state index >= 15 is 0 Å². The number of ether oxygens (including phenoxy) is 1. The first-order valence-electron chi connectivity index (χ1n) is 9.73. The minimum absolute atomic E-state index is 0.0790. The molecule has 2 amide bonds. The van der Waals surface area contributed by atoms with Crippen LogP contribution in [0.2, 0.25) is 0 Å². The van der Waals surface area contributed by atoms with Crippen LogP contribution in [0, 0.1) is 17.6 Å². The largest absolute Gasteiger partial charge is 0.411 e. The van der Waals surface area contributed by atoms with Gasteiger partial charge in [0, 0.05) is 6.54 Å². The molecule has 0 fully saturated rings. The molecule has 1 atom stereocenters. The van der Waals surface area contributed by atoms with Crippen LogP contribution in [-0.4, -0.2) is 30.6 Å². The highest BCUT2D eigenvalue weighted by Gasteiger charge is 2.28. The summed E-state index contributed by atoms with van der Waals surface area (Å²) in [6.07, 6.45) is -4.40. The molecule has 2 aromatic rings. The Kier molecular flexibility index (Phi) is 8.71. The zero-order valence-corrected chi connectivity index (χ0v) is 17.4. The van der Waals surface area contributed by atoms with E-state index in [2.05, 4.69) is 15.4 Å². The Balaban J connectivity index is 1.93. The fourth-order valence-electron chi connectivity index (χ4n) is 2.80. The second kappa shape index (κ2) is 11.0. The average molecular weight is 458 g/mol. The molecule has 10 heteroatoms. The lowest BCUT2D eigenvalue weighted by Gasteiger charge is -2.22. The summed E-state index contributed by atoms with van der Waals surface area (Å²) in [6.45, 7) is 1.86. The predicted molar refractivity (Wildman–Crippen MR) is 106 cm³/mol. The van der Waals surface area contributed by atoms with Gasteiger partial charge in [0.2, 0.25) is 5.91 Å². The van der Waals surface area contributed by atoms with E-state index in [9.17, 15) is 31.5 Å². The Hall–Kier alpha value is -3.01. The maximum absolute atomic E-state index is 13.8. The van der Waals surface area contributed by atoms with Crippen molar-refractivity contribution >= 4 is 11.8 Å². The van der Waals surface area contributed by atoms with Crippen LogP contribution in [0.25, 0.3) is 0 Å². The molecule has 0 aliphatic carbocycles. The minimum Gasteiger partial charge on any atom is -0.367 e. The van der Waals surface area contributed by atoms with Crippen LogP contribution in [0.15, 0.2) is 42.5 Å². The van der Waals surface area contributed by atoms with Crippen molar-refractivity contribution < 1.29 is 36.3 Å². The number of benzene rings is 2. The molecule has 0 aromatic heterocycles. The maximum atomic E-state index is 13.8. The molecule has 2 rings (SSSR count). The van der Waals surface area contributed by atoms with Crippen molar-refractivity contribution in [3.05, 3.63) is 70.8 Å². The molecule has 0 unspecified atom stereocenters. The topological polar surface area (TPSA) is 67.4 Å². The van der Waals surface area contributed by atoms with Crippen molar-refractivity contribution in [1.29, 1.82) is 0 Å². The maximum Gasteiger partial charge on any atom is 0.411 e. The monoisotopic (exact) mass is 458 g/mol. The second-order valence-corrected chi connectivity index (χ2v) is 7.43. The molecular formula is C22H23F5N2O3. The highest BCUT2D eigenvalue weighted by atomic mass is 19.4. The number of nitrogens with one attached hydrogen (secondary N) is 2. The van der Waals surface area contributed by atoms with Crippen molar-refractivity contribution in [2.24, 2.45) is 5.92 Å². The molecular weight excluding hydrogens is 435 g/mol. The molecule has 0 aliphatic rings. The lowest BCUT2D eigenvalue weighted by Crippen LogP contribution is -2.49. The summed E-state index contributed by atoms with van der Waals surface area (Å²) >= 11 is 0. The van der Waals surface area contributed by atoms with E-state index in [0.717, 1.165) is 18.2 Å². The number of halogens is 5. The summed E-state index contributed by atoms with van der Waals surface area (Å²) in [7, 11) is 0. The third-order valence-electron chi connectivity index (χ3n) is 4.45. The lowest BCUT2D eigenvalue weighted by molar-refractivity contribution is -0.176. The van der Waals surface area contributed by atoms with Gasteiger partial charge in [0.1, 0.15) is 29.8 Å². The molecule has 5 nitrogen and oxygen atoms in total. The van der Waals surface area contributed by atoms with E-state index in [1.807, 2.05) is 0 Å². The second-order valence-electron chi connectivity index (χ2n) is 7.43. The van der Waals surface area contributed by atoms with Crippen LogP contribution in [0.4, 0.5) is 22.0 Å². The molecule has 0 saturated heterocycles. The van der Waals surface area contributed by atoms with Gasteiger partial charge < -0.3 is 15.4 Å². The normalized spacial score (nSPS) is 12.5. The molecule has 0 saturated carbocycles. The van der Waals surface area contributed by atoms with Crippen molar-refractivity contribution in [3.8, 4) is 0 Å². The third-order valence-corrected chi connectivity index (χ3v) is 4.45. The van der Waals surface area contributed by atoms with Crippen LogP contribution in [0.3, 0.4) is 0 Å². The average Bonchev–Trinajstić information content (AvgIpc) is 2.70. The smallest absolute Gasteiger partial charge is 0.367 e. The zero-order chi connectivity index (χ0) is 23.9. The van der Waals surface area contributed by atoms with Gasteiger partial charge in [-0.05, 0) is 29.2 Å². The van der Waals surface area contributed by atoms with Gasteiger partial charge in [0.25, 0.3) is 5.91 Å². The summed E-state index contributed by atoms with van der Waals surface area (Å²) < 4.78 is 68.6. The SMILES string of the molecule is CC(C)[C@H](NC(=O)c1c(F)cccc1F)C(=O)NCc1ccc(COCC(F)(F)F)cc1. The van der Waals surface area contributed by atoms with Gasteiger partial charge in [0.15, 0.2) is 0 Å². The van der Waals surface area contributed by atoms with E-state index in [1.54, 1.807) is 38.1 Å². The van der Waals surface area contributed by atoms with E-state index in [1.165, 1.54) is 0 Å². The van der Waals surface area contributed by atoms with Gasteiger partial charge in [-0.2, -0.15) is 13.2 Å². The molecule has 32 heavy (non-hydrogen) atoms. The van der Waals surface area contributed by atoms with Crippen molar-refractivity contribution in [3.63, 3.8) is 0 Å². The van der Waals surface area contributed by atoms with Crippen molar-refractivity contribution in [2.75, 3.05) is 6.61 Å². The Morgan fingerprint density at radius 3 is 2.06 bits per heavy atom. The Morgan fingerprint density at radius 2 is 1.53 bits per heavy atom. The number of carbonyl (C=O) groups is 2. The lowest BCUT2D eigenvalue weighted by atomic mass is 10.0. The molecule has 2 N–H and O–H groups in total. The van der Waals surface area contributed by atoms with E-state index in [-0.39, 0.29) is 19.1 Å². The van der Waals surface area contributed by atoms with E-state index in [4.69, 9.17) is 0 Å². The van der Waals surface area contributed by atoms with E-state index in [0.29, 0.717) is 11.1 Å². The predicted octanol–water partition coefficient (Wildman–Crippen LogP) is 4.11. The number of carbonyl (C=O) groups excluding carboxylic acids is 2. The highest BCUT2D eigenvalue weighted by Crippen LogP contribution is 2.16. The summed E-state index contributed by atoms with van der Waals surface area (Å²) in [5.41, 5.74) is 0.421. The van der Waals surface area contributed by atoms with Crippen LogP contribution in [0.5, 0.6) is 0 Å². The van der Waals surface area contributed by atoms with Gasteiger partial charge in [0.05, 0.1) is 6.61 Å². The molecule has 0 bridgehead atoms. The fraction of sp³-hybridized carbons (Fsp3) is 0.364. The van der Waals surface area contributed by atoms with Crippen LogP contribution >= 0.6 is 0 Å². The number of hydrogen-bond donors (Lipinski definition) is 2. The van der Waals surface area contributed by atoms with Gasteiger partial charge >= 0.3 is 6.18 Å². The number of amides is 2. The molecule has 174 valence electrons. The molecule has 0 radical (unpaired) electrons. The summed E-state index contributed by atoms with van der Waals surface area (Å²) in [6, 6.07) is 8.34. The van der Waals surface area contributed by atoms with E-state index < -0.39 is 47.8 Å². The van der Waals surface area contributed by atoms with Gasteiger partial charge in [-0.25, -0.2) is 8.78 Å². The van der Waals surface area contributed by atoms with Crippen LogP contribution in [-0.2, 0) is 22.7 Å². The first kappa shape index (κ1) is 25.3. The number of rotatable bonds is 9. The minimum atomic E-state index is -4.40. The molecule has 2 aromatic carbocycles. The number of alkyl halides is 3. The van der Waals surface area contributed by atoms with Gasteiger partial charge in [-0.15, -0.1) is 0 Å². The summed E-state index contributed by atoms with van der Waals surface area (Å²) in [4.78, 5) is 24.9. The first-order valence-corrected chi connectivity index (χ1v) is 9.73. The highest BCUT2D eigenvalue weighted by molar-refractivity contribution is 5.98. The summed E-state index contributed by atoms with van der Waals surface area (Å²) in [5, 5.41) is 4.98. The Morgan fingerprint density at radius 1 is 0.969 bits per heavy atom. The van der Waals surface area contributed by atoms with Crippen LogP contribution in [0.1, 0.15) is 35.3 Å². The first-order chi connectivity index (χ1) is 15.0. The van der Waals surface area contributed by atoms with Crippen molar-refractivity contribution in [1.82, 2.24) is 10.6 Å². The third kappa shape index (κ3) is 7.60. The Bertz CT molecular complexity index is 910. The van der Waals surface area contributed by atoms with Gasteiger partial charge in [-0.1, -0.05) is 44.2 Å². The quantitative estimate of drug-likeness (QED) is 0.556. The molecule has 0 spiro atoms. The van der Waals surface area contributed by atoms with Crippen molar-refractivity contribution in [2.45, 2.75) is 39.2 Å². The molecule has 0 heterocycles. The molecule has 0 aliphatic heterocycles.